The third-order valence-corrected chi connectivity index (χ3v) is 11.7. The third-order valence-electron chi connectivity index (χ3n) is 11.7. The monoisotopic (exact) mass is 765 g/mol. The molecule has 0 spiro atoms. The Balaban J connectivity index is 0.950. The SMILES string of the molecule is c1ccc(-c2ccccc2-c2ccccc2-c2ccc(N(c3ccccc3)c3ccc(-c4ccc(-c5cccc6c5oc5ccccc56)c5ccccc45)cc3)cc2)cc1. The lowest BCUT2D eigenvalue weighted by Crippen LogP contribution is -2.09. The first-order valence-corrected chi connectivity index (χ1v) is 20.5. The number of nitrogens with zero attached hydrogens (tertiary/aromatic N) is 1. The number of fused-ring (bicyclic) bond motifs is 4. The molecule has 0 saturated carbocycles. The number of para-hydroxylation sites is 3. The number of rotatable bonds is 8. The molecule has 0 bridgehead atoms. The minimum Gasteiger partial charge on any atom is -0.455 e. The molecule has 60 heavy (non-hydrogen) atoms. The van der Waals surface area contributed by atoms with E-state index in [1.807, 2.05) is 12.1 Å². The first-order valence-electron chi connectivity index (χ1n) is 20.5. The summed E-state index contributed by atoms with van der Waals surface area (Å²) < 4.78 is 6.48. The Labute approximate surface area is 349 Å². The normalized spacial score (nSPS) is 11.3. The highest BCUT2D eigenvalue weighted by atomic mass is 16.3. The number of benzene rings is 10. The fourth-order valence-electron chi connectivity index (χ4n) is 8.91. The zero-order chi connectivity index (χ0) is 39.8. The van der Waals surface area contributed by atoms with E-state index < -0.39 is 0 Å². The predicted molar refractivity (Wildman–Crippen MR) is 253 cm³/mol. The Morgan fingerprint density at radius 3 is 1.28 bits per heavy atom. The van der Waals surface area contributed by atoms with E-state index >= 15 is 0 Å². The van der Waals surface area contributed by atoms with Gasteiger partial charge in [-0.1, -0.05) is 194 Å². The van der Waals surface area contributed by atoms with Crippen LogP contribution in [0.1, 0.15) is 0 Å². The van der Waals surface area contributed by atoms with Gasteiger partial charge in [-0.3, -0.25) is 0 Å². The van der Waals surface area contributed by atoms with Crippen LogP contribution < -0.4 is 4.90 Å². The topological polar surface area (TPSA) is 16.4 Å². The largest absolute Gasteiger partial charge is 0.455 e. The van der Waals surface area contributed by atoms with Crippen LogP contribution in [0, 0.1) is 0 Å². The second-order valence-corrected chi connectivity index (χ2v) is 15.2. The lowest BCUT2D eigenvalue weighted by molar-refractivity contribution is 0.670. The molecule has 11 rings (SSSR count). The highest BCUT2D eigenvalue weighted by molar-refractivity contribution is 6.13. The maximum absolute atomic E-state index is 6.48. The quantitative estimate of drug-likeness (QED) is 0.153. The van der Waals surface area contributed by atoms with Crippen LogP contribution in [-0.4, -0.2) is 0 Å². The summed E-state index contributed by atoms with van der Waals surface area (Å²) in [5, 5.41) is 4.68. The van der Waals surface area contributed by atoms with Crippen molar-refractivity contribution < 1.29 is 4.42 Å². The fourth-order valence-corrected chi connectivity index (χ4v) is 8.91. The molecule has 0 radical (unpaired) electrons. The number of hydrogen-bond acceptors (Lipinski definition) is 2. The van der Waals surface area contributed by atoms with Gasteiger partial charge in [0.1, 0.15) is 11.2 Å². The highest BCUT2D eigenvalue weighted by Crippen LogP contribution is 2.43. The standard InChI is InChI=1S/C58H39NO/c1-3-16-40(17-4-1)46-20-7-9-22-49(46)50-23-10-8-21-47(50)41-30-34-44(35-31-41)59(43-18-5-2-6-19-43)45-36-32-42(33-37-45)48-38-39-53(52-25-12-11-24-51(48)52)55-27-15-28-56-54-26-13-14-29-57(54)60-58(55)56/h1-39H. The molecular weight excluding hydrogens is 727 g/mol. The van der Waals surface area contributed by atoms with Crippen molar-refractivity contribution in [1.82, 2.24) is 0 Å². The van der Waals surface area contributed by atoms with Crippen LogP contribution in [0.4, 0.5) is 17.1 Å². The molecule has 0 saturated heterocycles. The summed E-state index contributed by atoms with van der Waals surface area (Å²) in [5.74, 6) is 0. The average Bonchev–Trinajstić information content (AvgIpc) is 3.72. The number of anilines is 3. The molecule has 1 aromatic heterocycles. The van der Waals surface area contributed by atoms with Crippen molar-refractivity contribution >= 4 is 49.8 Å². The van der Waals surface area contributed by atoms with Gasteiger partial charge in [-0.05, 0) is 103 Å². The van der Waals surface area contributed by atoms with Crippen LogP contribution >= 0.6 is 0 Å². The molecule has 0 aliphatic carbocycles. The van der Waals surface area contributed by atoms with E-state index in [2.05, 4.69) is 229 Å². The second kappa shape index (κ2) is 15.1. The molecule has 0 unspecified atom stereocenters. The van der Waals surface area contributed by atoms with Crippen molar-refractivity contribution in [2.45, 2.75) is 0 Å². The lowest BCUT2D eigenvalue weighted by atomic mass is 9.89. The number of hydrogen-bond donors (Lipinski definition) is 0. The van der Waals surface area contributed by atoms with Gasteiger partial charge in [-0.15, -0.1) is 0 Å². The van der Waals surface area contributed by atoms with E-state index in [1.54, 1.807) is 0 Å². The van der Waals surface area contributed by atoms with E-state index in [0.717, 1.165) is 50.1 Å². The highest BCUT2D eigenvalue weighted by Gasteiger charge is 2.18. The maximum Gasteiger partial charge on any atom is 0.143 e. The summed E-state index contributed by atoms with van der Waals surface area (Å²) in [6, 6.07) is 84.7. The van der Waals surface area contributed by atoms with Crippen molar-refractivity contribution in [1.29, 1.82) is 0 Å². The first kappa shape index (κ1) is 35.2. The Morgan fingerprint density at radius 2 is 0.650 bits per heavy atom. The zero-order valence-electron chi connectivity index (χ0n) is 32.9. The van der Waals surface area contributed by atoms with E-state index in [4.69, 9.17) is 4.42 Å². The van der Waals surface area contributed by atoms with Crippen molar-refractivity contribution in [2.75, 3.05) is 4.90 Å². The van der Waals surface area contributed by atoms with Gasteiger partial charge in [0.25, 0.3) is 0 Å². The van der Waals surface area contributed by atoms with Gasteiger partial charge in [-0.25, -0.2) is 0 Å². The van der Waals surface area contributed by atoms with Crippen molar-refractivity contribution in [3.05, 3.63) is 237 Å². The van der Waals surface area contributed by atoms with Gasteiger partial charge in [-0.2, -0.15) is 0 Å². The Hall–Kier alpha value is -7.94. The van der Waals surface area contributed by atoms with Crippen LogP contribution in [0.3, 0.4) is 0 Å². The smallest absolute Gasteiger partial charge is 0.143 e. The van der Waals surface area contributed by atoms with Gasteiger partial charge in [0.05, 0.1) is 0 Å². The molecule has 2 heteroatoms. The summed E-state index contributed by atoms with van der Waals surface area (Å²) in [7, 11) is 0. The summed E-state index contributed by atoms with van der Waals surface area (Å²) in [4.78, 5) is 2.33. The summed E-state index contributed by atoms with van der Waals surface area (Å²) in [6.07, 6.45) is 0. The van der Waals surface area contributed by atoms with Crippen LogP contribution in [0.15, 0.2) is 241 Å². The van der Waals surface area contributed by atoms with Crippen LogP contribution in [0.2, 0.25) is 0 Å². The molecule has 0 N–H and O–H groups in total. The molecule has 0 fully saturated rings. The minimum absolute atomic E-state index is 0.910. The van der Waals surface area contributed by atoms with E-state index in [9.17, 15) is 0 Å². The average molecular weight is 766 g/mol. The molecule has 0 aliphatic rings. The number of furan rings is 1. The van der Waals surface area contributed by atoms with E-state index in [1.165, 1.54) is 55.3 Å². The third kappa shape index (κ3) is 6.23. The van der Waals surface area contributed by atoms with Crippen molar-refractivity contribution in [2.24, 2.45) is 0 Å². The second-order valence-electron chi connectivity index (χ2n) is 15.2. The summed E-state index contributed by atoms with van der Waals surface area (Å²) in [6.45, 7) is 0. The van der Waals surface area contributed by atoms with Gasteiger partial charge < -0.3 is 9.32 Å². The molecule has 11 aromatic rings. The predicted octanol–water partition coefficient (Wildman–Crippen LogP) is 16.5. The minimum atomic E-state index is 0.910. The van der Waals surface area contributed by atoms with E-state index in [0.29, 0.717) is 0 Å². The molecule has 0 atom stereocenters. The van der Waals surface area contributed by atoms with Crippen LogP contribution in [0.25, 0.3) is 88.3 Å². The lowest BCUT2D eigenvalue weighted by Gasteiger charge is -2.26. The Kier molecular flexibility index (Phi) is 8.87. The van der Waals surface area contributed by atoms with Crippen molar-refractivity contribution in [3.8, 4) is 55.6 Å². The van der Waals surface area contributed by atoms with Crippen molar-refractivity contribution in [3.63, 3.8) is 0 Å². The first-order chi connectivity index (χ1) is 29.8. The van der Waals surface area contributed by atoms with E-state index in [-0.39, 0.29) is 0 Å². The Bertz CT molecular complexity index is 3290. The molecule has 0 aliphatic heterocycles. The van der Waals surface area contributed by atoms with Gasteiger partial charge in [0.15, 0.2) is 0 Å². The van der Waals surface area contributed by atoms with Gasteiger partial charge in [0, 0.05) is 33.4 Å². The van der Waals surface area contributed by atoms with Gasteiger partial charge in [0.2, 0.25) is 0 Å². The Morgan fingerprint density at radius 1 is 0.233 bits per heavy atom. The molecular formula is C58H39NO. The molecule has 10 aromatic carbocycles. The molecule has 2 nitrogen and oxygen atoms in total. The van der Waals surface area contributed by atoms with Crippen LogP contribution in [0.5, 0.6) is 0 Å². The fraction of sp³-hybridized carbons (Fsp3) is 0. The molecule has 1 heterocycles. The molecule has 0 amide bonds. The maximum atomic E-state index is 6.48. The summed E-state index contributed by atoms with van der Waals surface area (Å²) in [5.41, 5.74) is 17.0. The molecule has 282 valence electrons. The van der Waals surface area contributed by atoms with Crippen LogP contribution in [-0.2, 0) is 0 Å². The zero-order valence-corrected chi connectivity index (χ0v) is 32.9. The van der Waals surface area contributed by atoms with Gasteiger partial charge >= 0.3 is 0 Å². The summed E-state index contributed by atoms with van der Waals surface area (Å²) >= 11 is 0.